The molecule has 0 bridgehead atoms. The quantitative estimate of drug-likeness (QED) is 0.534. The molecule has 1 saturated carbocycles. The third-order valence-electron chi connectivity index (χ3n) is 6.88. The first-order valence-electron chi connectivity index (χ1n) is 10.9. The Morgan fingerprint density at radius 2 is 1.83 bits per heavy atom. The molecule has 2 aliphatic heterocycles. The monoisotopic (exact) mass is 431 g/mol. The third kappa shape index (κ3) is 3.94. The van der Waals surface area contributed by atoms with Gasteiger partial charge in [-0.3, -0.25) is 19.7 Å². The molecule has 2 saturated heterocycles. The first-order chi connectivity index (χ1) is 14.4. The van der Waals surface area contributed by atoms with Crippen molar-refractivity contribution >= 4 is 29.3 Å². The highest BCUT2D eigenvalue weighted by Crippen LogP contribution is 2.45. The number of hydrogen-bond donors (Lipinski definition) is 0. The van der Waals surface area contributed by atoms with Crippen molar-refractivity contribution in [3.8, 4) is 0 Å². The fourth-order valence-corrected chi connectivity index (χ4v) is 6.55. The van der Waals surface area contributed by atoms with Crippen LogP contribution in [0.3, 0.4) is 0 Å². The largest absolute Gasteiger partial charge is 0.338 e. The zero-order valence-corrected chi connectivity index (χ0v) is 18.3. The predicted octanol–water partition coefficient (Wildman–Crippen LogP) is 3.99. The Balaban J connectivity index is 1.44. The van der Waals surface area contributed by atoms with Crippen LogP contribution >= 0.6 is 11.8 Å². The van der Waals surface area contributed by atoms with Crippen molar-refractivity contribution < 1.29 is 14.5 Å². The molecule has 2 amide bonds. The second-order valence-corrected chi connectivity index (χ2v) is 10.1. The van der Waals surface area contributed by atoms with Crippen LogP contribution in [0.4, 0.5) is 5.69 Å². The number of nitro groups is 1. The summed E-state index contributed by atoms with van der Waals surface area (Å²) in [5.41, 5.74) is 0.885. The van der Waals surface area contributed by atoms with Crippen LogP contribution in [0, 0.1) is 23.0 Å². The van der Waals surface area contributed by atoms with Crippen molar-refractivity contribution in [1.29, 1.82) is 0 Å². The third-order valence-corrected chi connectivity index (χ3v) is 8.44. The average molecular weight is 432 g/mol. The number of benzene rings is 1. The number of nitrogens with zero attached hydrogens (tertiary/aromatic N) is 3. The van der Waals surface area contributed by atoms with E-state index in [1.54, 1.807) is 24.0 Å². The molecule has 7 nitrogen and oxygen atoms in total. The number of thioether (sulfide) groups is 1. The molecule has 4 rings (SSSR count). The second kappa shape index (κ2) is 8.57. The van der Waals surface area contributed by atoms with E-state index in [1.807, 2.05) is 11.8 Å². The van der Waals surface area contributed by atoms with Crippen LogP contribution in [-0.4, -0.2) is 56.8 Å². The van der Waals surface area contributed by atoms with E-state index in [2.05, 4.69) is 4.90 Å². The molecule has 1 spiro atoms. The number of nitro benzene ring substituents is 1. The molecule has 0 atom stereocenters. The van der Waals surface area contributed by atoms with E-state index >= 15 is 0 Å². The normalized spacial score (nSPS) is 21.8. The van der Waals surface area contributed by atoms with Gasteiger partial charge in [-0.15, -0.1) is 11.8 Å². The van der Waals surface area contributed by atoms with Crippen molar-refractivity contribution in [3.63, 3.8) is 0 Å². The van der Waals surface area contributed by atoms with E-state index in [4.69, 9.17) is 0 Å². The van der Waals surface area contributed by atoms with Crippen molar-refractivity contribution in [1.82, 2.24) is 9.80 Å². The van der Waals surface area contributed by atoms with E-state index in [1.165, 1.54) is 12.5 Å². The van der Waals surface area contributed by atoms with E-state index in [0.717, 1.165) is 50.8 Å². The van der Waals surface area contributed by atoms with Crippen LogP contribution in [0.15, 0.2) is 18.2 Å². The summed E-state index contributed by atoms with van der Waals surface area (Å²) in [4.78, 5) is 40.7. The number of carbonyl (C=O) groups is 2. The Kier molecular flexibility index (Phi) is 6.04. The van der Waals surface area contributed by atoms with Crippen LogP contribution in [-0.2, 0) is 4.79 Å². The van der Waals surface area contributed by atoms with Gasteiger partial charge in [0, 0.05) is 48.5 Å². The Labute approximate surface area is 181 Å². The van der Waals surface area contributed by atoms with Gasteiger partial charge in [0.25, 0.3) is 11.6 Å². The maximum Gasteiger partial charge on any atom is 0.273 e. The maximum absolute atomic E-state index is 13.2. The predicted molar refractivity (Wildman–Crippen MR) is 116 cm³/mol. The van der Waals surface area contributed by atoms with Crippen LogP contribution in [0.5, 0.6) is 0 Å². The topological polar surface area (TPSA) is 83.8 Å². The summed E-state index contributed by atoms with van der Waals surface area (Å²) >= 11 is 1.86. The highest BCUT2D eigenvalue weighted by molar-refractivity contribution is 8.00. The minimum Gasteiger partial charge on any atom is -0.338 e. The number of rotatable bonds is 3. The lowest BCUT2D eigenvalue weighted by Gasteiger charge is -2.45. The number of aryl methyl sites for hydroxylation is 1. The van der Waals surface area contributed by atoms with Gasteiger partial charge < -0.3 is 9.80 Å². The van der Waals surface area contributed by atoms with Gasteiger partial charge in [-0.2, -0.15) is 0 Å². The Bertz CT molecular complexity index is 845. The maximum atomic E-state index is 13.2. The van der Waals surface area contributed by atoms with E-state index in [0.29, 0.717) is 30.1 Å². The smallest absolute Gasteiger partial charge is 0.273 e. The van der Waals surface area contributed by atoms with Gasteiger partial charge >= 0.3 is 0 Å². The molecule has 3 fully saturated rings. The van der Waals surface area contributed by atoms with E-state index < -0.39 is 4.92 Å². The Morgan fingerprint density at radius 3 is 2.50 bits per heavy atom. The standard InChI is InChI=1S/C22H29N3O4S/c1-16-7-8-18(15-19(16)25(28)29)20(26)23-11-9-22(10-12-23)24(13-14-30-22)21(27)17-5-3-2-4-6-17/h7-8,15,17H,2-6,9-14H2,1H3. The highest BCUT2D eigenvalue weighted by atomic mass is 32.2. The molecule has 0 N–H and O–H groups in total. The summed E-state index contributed by atoms with van der Waals surface area (Å²) in [6.07, 6.45) is 7.06. The summed E-state index contributed by atoms with van der Waals surface area (Å²) in [6, 6.07) is 4.68. The van der Waals surface area contributed by atoms with Gasteiger partial charge in [-0.25, -0.2) is 0 Å². The van der Waals surface area contributed by atoms with E-state index in [-0.39, 0.29) is 22.4 Å². The summed E-state index contributed by atoms with van der Waals surface area (Å²) < 4.78 is 0. The highest BCUT2D eigenvalue weighted by Gasteiger charge is 2.48. The molecule has 30 heavy (non-hydrogen) atoms. The van der Waals surface area contributed by atoms with Gasteiger partial charge in [0.15, 0.2) is 0 Å². The molecule has 0 unspecified atom stereocenters. The van der Waals surface area contributed by atoms with Crippen LogP contribution in [0.2, 0.25) is 0 Å². The van der Waals surface area contributed by atoms with Gasteiger partial charge in [-0.05, 0) is 38.7 Å². The SMILES string of the molecule is Cc1ccc(C(=O)N2CCC3(CC2)SCCN3C(=O)C2CCCCC2)cc1[N+](=O)[O-]. The molecular formula is C22H29N3O4S. The lowest BCUT2D eigenvalue weighted by atomic mass is 9.87. The van der Waals surface area contributed by atoms with Crippen LogP contribution in [0.25, 0.3) is 0 Å². The lowest BCUT2D eigenvalue weighted by Crippen LogP contribution is -2.55. The van der Waals surface area contributed by atoms with Gasteiger partial charge in [0.1, 0.15) is 0 Å². The number of hydrogen-bond acceptors (Lipinski definition) is 5. The summed E-state index contributed by atoms with van der Waals surface area (Å²) in [6.45, 7) is 3.62. The number of amides is 2. The Morgan fingerprint density at radius 1 is 1.13 bits per heavy atom. The minimum absolute atomic E-state index is 0.0232. The van der Waals surface area contributed by atoms with Crippen molar-refractivity contribution in [3.05, 3.63) is 39.4 Å². The number of likely N-dealkylation sites (tertiary alicyclic amines) is 1. The summed E-state index contributed by atoms with van der Waals surface area (Å²) in [7, 11) is 0. The zero-order chi connectivity index (χ0) is 21.3. The van der Waals surface area contributed by atoms with Crippen LogP contribution in [0.1, 0.15) is 60.9 Å². The molecule has 0 radical (unpaired) electrons. The molecular weight excluding hydrogens is 402 g/mol. The number of carbonyl (C=O) groups excluding carboxylic acids is 2. The molecule has 3 aliphatic rings. The van der Waals surface area contributed by atoms with Crippen LogP contribution < -0.4 is 0 Å². The van der Waals surface area contributed by atoms with Gasteiger partial charge in [-0.1, -0.05) is 25.3 Å². The molecule has 1 aromatic carbocycles. The molecule has 162 valence electrons. The van der Waals surface area contributed by atoms with Crippen molar-refractivity contribution in [2.24, 2.45) is 5.92 Å². The average Bonchev–Trinajstić information content (AvgIpc) is 3.17. The van der Waals surface area contributed by atoms with E-state index in [9.17, 15) is 19.7 Å². The molecule has 8 heteroatoms. The molecule has 0 aromatic heterocycles. The fraction of sp³-hybridized carbons (Fsp3) is 0.636. The molecule has 2 heterocycles. The fourth-order valence-electron chi connectivity index (χ4n) is 5.08. The van der Waals surface area contributed by atoms with Gasteiger partial charge in [0.2, 0.25) is 5.91 Å². The second-order valence-electron chi connectivity index (χ2n) is 8.67. The summed E-state index contributed by atoms with van der Waals surface area (Å²) in [5.74, 6) is 1.27. The first-order valence-corrected chi connectivity index (χ1v) is 11.9. The Hall–Kier alpha value is -2.09. The lowest BCUT2D eigenvalue weighted by molar-refractivity contribution is -0.385. The molecule has 1 aliphatic carbocycles. The number of piperidine rings is 1. The van der Waals surface area contributed by atoms with Crippen molar-refractivity contribution in [2.75, 3.05) is 25.4 Å². The summed E-state index contributed by atoms with van der Waals surface area (Å²) in [5, 5.41) is 11.2. The van der Waals surface area contributed by atoms with Crippen molar-refractivity contribution in [2.45, 2.75) is 56.7 Å². The zero-order valence-electron chi connectivity index (χ0n) is 17.5. The molecule has 1 aromatic rings. The first kappa shape index (κ1) is 21.2. The van der Waals surface area contributed by atoms with Gasteiger partial charge in [0.05, 0.1) is 9.79 Å². The minimum atomic E-state index is -0.443.